The molecular weight excluding hydrogens is 236 g/mol. The number of rotatable bonds is 4. The second-order valence-electron chi connectivity index (χ2n) is 4.81. The summed E-state index contributed by atoms with van der Waals surface area (Å²) in [6.45, 7) is 4.20. The van der Waals surface area contributed by atoms with Crippen molar-refractivity contribution < 1.29 is 10.2 Å². The first-order chi connectivity index (χ1) is 9.15. The Hall–Kier alpha value is -1.96. The quantitative estimate of drug-likeness (QED) is 0.857. The minimum Gasteiger partial charge on any atom is -0.507 e. The third-order valence-corrected chi connectivity index (χ3v) is 3.36. The summed E-state index contributed by atoms with van der Waals surface area (Å²) >= 11 is 0. The fraction of sp³-hybridized carbons (Fsp3) is 0.294. The lowest BCUT2D eigenvalue weighted by molar-refractivity contribution is 0.469. The fourth-order valence-corrected chi connectivity index (χ4v) is 2.26. The maximum absolute atomic E-state index is 10.0. The molecule has 2 heteroatoms. The number of benzene rings is 2. The third-order valence-electron chi connectivity index (χ3n) is 3.36. The summed E-state index contributed by atoms with van der Waals surface area (Å²) < 4.78 is 0. The number of hydrogen-bond acceptors (Lipinski definition) is 2. The topological polar surface area (TPSA) is 40.5 Å². The molecule has 0 aliphatic carbocycles. The van der Waals surface area contributed by atoms with Crippen LogP contribution in [0, 0.1) is 0 Å². The van der Waals surface area contributed by atoms with E-state index < -0.39 is 0 Å². The zero-order valence-corrected chi connectivity index (χ0v) is 11.5. The van der Waals surface area contributed by atoms with Crippen LogP contribution in [0.25, 0.3) is 11.1 Å². The van der Waals surface area contributed by atoms with Gasteiger partial charge in [0.15, 0.2) is 0 Å². The van der Waals surface area contributed by atoms with Gasteiger partial charge in [0.25, 0.3) is 0 Å². The number of aryl methyl sites for hydroxylation is 2. The molecule has 2 N–H and O–H groups in total. The Bertz CT molecular complexity index is 573. The molecule has 0 bridgehead atoms. The summed E-state index contributed by atoms with van der Waals surface area (Å²) in [6, 6.07) is 11.2. The summed E-state index contributed by atoms with van der Waals surface area (Å²) in [4.78, 5) is 0. The average molecular weight is 256 g/mol. The van der Waals surface area contributed by atoms with E-state index in [0.29, 0.717) is 11.1 Å². The van der Waals surface area contributed by atoms with Crippen LogP contribution in [0.5, 0.6) is 11.5 Å². The van der Waals surface area contributed by atoms with Crippen molar-refractivity contribution in [3.63, 3.8) is 0 Å². The van der Waals surface area contributed by atoms with Crippen molar-refractivity contribution in [2.75, 3.05) is 0 Å². The van der Waals surface area contributed by atoms with Gasteiger partial charge in [-0.2, -0.15) is 0 Å². The molecule has 0 saturated heterocycles. The fourth-order valence-electron chi connectivity index (χ4n) is 2.26. The molecule has 0 radical (unpaired) electrons. The van der Waals surface area contributed by atoms with E-state index in [-0.39, 0.29) is 11.5 Å². The van der Waals surface area contributed by atoms with Crippen molar-refractivity contribution in [1.82, 2.24) is 0 Å². The first-order valence-corrected chi connectivity index (χ1v) is 6.79. The van der Waals surface area contributed by atoms with E-state index in [4.69, 9.17) is 0 Å². The van der Waals surface area contributed by atoms with Gasteiger partial charge >= 0.3 is 0 Å². The van der Waals surface area contributed by atoms with Gasteiger partial charge in [-0.05, 0) is 48.2 Å². The molecule has 2 aromatic carbocycles. The Labute approximate surface area is 114 Å². The van der Waals surface area contributed by atoms with Crippen LogP contribution in [-0.2, 0) is 12.8 Å². The molecule has 0 unspecified atom stereocenters. The molecule has 0 aliphatic heterocycles. The van der Waals surface area contributed by atoms with Crippen LogP contribution in [-0.4, -0.2) is 10.2 Å². The average Bonchev–Trinajstić information content (AvgIpc) is 2.42. The second-order valence-corrected chi connectivity index (χ2v) is 4.81. The minimum absolute atomic E-state index is 0.209. The molecule has 0 amide bonds. The van der Waals surface area contributed by atoms with E-state index in [9.17, 15) is 10.2 Å². The highest BCUT2D eigenvalue weighted by molar-refractivity contribution is 5.76. The van der Waals surface area contributed by atoms with Gasteiger partial charge in [-0.1, -0.05) is 32.4 Å². The van der Waals surface area contributed by atoms with Crippen molar-refractivity contribution in [3.8, 4) is 22.6 Å². The zero-order chi connectivity index (χ0) is 13.8. The SMILES string of the molecule is CCCc1ccc(O)c(-c2cc(CC)ccc2O)c1. The Kier molecular flexibility index (Phi) is 4.10. The van der Waals surface area contributed by atoms with Crippen LogP contribution in [0.2, 0.25) is 0 Å². The molecule has 0 aliphatic rings. The van der Waals surface area contributed by atoms with Crippen LogP contribution in [0.3, 0.4) is 0 Å². The molecule has 0 heterocycles. The minimum atomic E-state index is 0.209. The first kappa shape index (κ1) is 13.5. The number of phenols is 2. The van der Waals surface area contributed by atoms with Crippen LogP contribution in [0.1, 0.15) is 31.4 Å². The van der Waals surface area contributed by atoms with E-state index in [0.717, 1.165) is 24.8 Å². The van der Waals surface area contributed by atoms with Crippen LogP contribution < -0.4 is 0 Å². The van der Waals surface area contributed by atoms with Crippen molar-refractivity contribution in [2.45, 2.75) is 33.1 Å². The van der Waals surface area contributed by atoms with Crippen LogP contribution >= 0.6 is 0 Å². The molecule has 0 spiro atoms. The smallest absolute Gasteiger partial charge is 0.123 e. The number of aromatic hydroxyl groups is 2. The van der Waals surface area contributed by atoms with Gasteiger partial charge in [0.1, 0.15) is 11.5 Å². The Morgan fingerprint density at radius 1 is 0.789 bits per heavy atom. The third kappa shape index (κ3) is 2.90. The van der Waals surface area contributed by atoms with Crippen molar-refractivity contribution in [3.05, 3.63) is 47.5 Å². The van der Waals surface area contributed by atoms with Gasteiger partial charge in [0, 0.05) is 11.1 Å². The Balaban J connectivity index is 2.53. The van der Waals surface area contributed by atoms with E-state index in [1.54, 1.807) is 12.1 Å². The standard InChI is InChI=1S/C17H20O2/c1-3-5-13-7-9-17(19)15(11-13)14-10-12(4-2)6-8-16(14)18/h6-11,18-19H,3-5H2,1-2H3. The lowest BCUT2D eigenvalue weighted by Crippen LogP contribution is -1.88. The van der Waals surface area contributed by atoms with Gasteiger partial charge in [0.05, 0.1) is 0 Å². The molecular formula is C17H20O2. The molecule has 2 aromatic rings. The Morgan fingerprint density at radius 2 is 1.32 bits per heavy atom. The summed E-state index contributed by atoms with van der Waals surface area (Å²) in [5.74, 6) is 0.421. The monoisotopic (exact) mass is 256 g/mol. The largest absolute Gasteiger partial charge is 0.507 e. The van der Waals surface area contributed by atoms with E-state index in [1.807, 2.05) is 24.3 Å². The highest BCUT2D eigenvalue weighted by atomic mass is 16.3. The lowest BCUT2D eigenvalue weighted by atomic mass is 9.97. The molecule has 19 heavy (non-hydrogen) atoms. The molecule has 0 fully saturated rings. The first-order valence-electron chi connectivity index (χ1n) is 6.79. The number of phenolic OH excluding ortho intramolecular Hbond substituents is 2. The van der Waals surface area contributed by atoms with E-state index in [2.05, 4.69) is 13.8 Å². The highest BCUT2D eigenvalue weighted by Crippen LogP contribution is 2.36. The normalized spacial score (nSPS) is 10.6. The highest BCUT2D eigenvalue weighted by Gasteiger charge is 2.10. The van der Waals surface area contributed by atoms with Crippen molar-refractivity contribution in [2.24, 2.45) is 0 Å². The lowest BCUT2D eigenvalue weighted by Gasteiger charge is -2.11. The van der Waals surface area contributed by atoms with Crippen LogP contribution in [0.15, 0.2) is 36.4 Å². The predicted molar refractivity (Wildman–Crippen MR) is 78.6 cm³/mol. The van der Waals surface area contributed by atoms with Crippen molar-refractivity contribution >= 4 is 0 Å². The number of hydrogen-bond donors (Lipinski definition) is 2. The van der Waals surface area contributed by atoms with Crippen molar-refractivity contribution in [1.29, 1.82) is 0 Å². The van der Waals surface area contributed by atoms with E-state index >= 15 is 0 Å². The molecule has 0 atom stereocenters. The molecule has 0 saturated carbocycles. The predicted octanol–water partition coefficient (Wildman–Crippen LogP) is 4.28. The van der Waals surface area contributed by atoms with Gasteiger partial charge in [-0.15, -0.1) is 0 Å². The van der Waals surface area contributed by atoms with Gasteiger partial charge in [0.2, 0.25) is 0 Å². The zero-order valence-electron chi connectivity index (χ0n) is 11.5. The van der Waals surface area contributed by atoms with Crippen LogP contribution in [0.4, 0.5) is 0 Å². The van der Waals surface area contributed by atoms with Gasteiger partial charge < -0.3 is 10.2 Å². The molecule has 100 valence electrons. The maximum Gasteiger partial charge on any atom is 0.123 e. The summed E-state index contributed by atoms with van der Waals surface area (Å²) in [6.07, 6.45) is 2.94. The molecule has 2 rings (SSSR count). The Morgan fingerprint density at radius 3 is 1.84 bits per heavy atom. The molecule has 2 nitrogen and oxygen atoms in total. The maximum atomic E-state index is 10.0. The molecule has 0 aromatic heterocycles. The summed E-state index contributed by atoms with van der Waals surface area (Å²) in [5, 5.41) is 20.1. The van der Waals surface area contributed by atoms with E-state index in [1.165, 1.54) is 5.56 Å². The summed E-state index contributed by atoms with van der Waals surface area (Å²) in [5.41, 5.74) is 3.73. The summed E-state index contributed by atoms with van der Waals surface area (Å²) in [7, 11) is 0. The second kappa shape index (κ2) is 5.79. The van der Waals surface area contributed by atoms with Gasteiger partial charge in [-0.25, -0.2) is 0 Å². The van der Waals surface area contributed by atoms with Gasteiger partial charge in [-0.3, -0.25) is 0 Å².